The van der Waals surface area contributed by atoms with Crippen LogP contribution in [0, 0.1) is 0 Å². The summed E-state index contributed by atoms with van der Waals surface area (Å²) in [7, 11) is 0. The van der Waals surface area contributed by atoms with Gasteiger partial charge in [0, 0.05) is 33.1 Å². The van der Waals surface area contributed by atoms with Gasteiger partial charge in [0.15, 0.2) is 0 Å². The largest absolute Gasteiger partial charge is 0.309 e. The van der Waals surface area contributed by atoms with Crippen LogP contribution in [-0.2, 0) is 0 Å². The van der Waals surface area contributed by atoms with Crippen molar-refractivity contribution in [1.29, 1.82) is 0 Å². The van der Waals surface area contributed by atoms with Crippen LogP contribution in [0.1, 0.15) is 18.1 Å². The second kappa shape index (κ2) is 11.7. The van der Waals surface area contributed by atoms with Gasteiger partial charge in [0.2, 0.25) is 0 Å². The molecule has 0 unspecified atom stereocenters. The Bertz CT molecular complexity index is 2410. The Morgan fingerprint density at radius 2 is 1.32 bits per heavy atom. The van der Waals surface area contributed by atoms with Gasteiger partial charge in [0.05, 0.1) is 22.4 Å². The highest BCUT2D eigenvalue weighted by Crippen LogP contribution is 2.48. The van der Waals surface area contributed by atoms with E-state index in [4.69, 9.17) is 0 Å². The summed E-state index contributed by atoms with van der Waals surface area (Å²) in [6.07, 6.45) is 12.3. The minimum absolute atomic E-state index is 1.05. The zero-order chi connectivity index (χ0) is 31.9. The van der Waals surface area contributed by atoms with Crippen molar-refractivity contribution in [2.24, 2.45) is 0 Å². The van der Waals surface area contributed by atoms with Crippen molar-refractivity contribution < 1.29 is 0 Å². The third-order valence-corrected chi connectivity index (χ3v) is 9.14. The fourth-order valence-electron chi connectivity index (χ4n) is 7.22. The molecule has 2 heteroatoms. The predicted octanol–water partition coefficient (Wildman–Crippen LogP) is 12.4. The average molecular weight is 603 g/mol. The lowest BCUT2D eigenvalue weighted by Gasteiger charge is -2.34. The average Bonchev–Trinajstić information content (AvgIpc) is 3.45. The van der Waals surface area contributed by atoms with Crippen LogP contribution in [0.2, 0.25) is 0 Å². The zero-order valence-corrected chi connectivity index (χ0v) is 26.4. The predicted molar refractivity (Wildman–Crippen MR) is 203 cm³/mol. The van der Waals surface area contributed by atoms with Gasteiger partial charge in [-0.25, -0.2) is 0 Å². The van der Waals surface area contributed by atoms with E-state index in [1.165, 1.54) is 54.8 Å². The van der Waals surface area contributed by atoms with Gasteiger partial charge in [-0.05, 0) is 89.2 Å². The summed E-state index contributed by atoms with van der Waals surface area (Å²) in [6, 6.07) is 46.0. The van der Waals surface area contributed by atoms with Crippen molar-refractivity contribution in [1.82, 2.24) is 4.57 Å². The summed E-state index contributed by atoms with van der Waals surface area (Å²) in [5.41, 5.74) is 12.6. The van der Waals surface area contributed by atoms with Crippen molar-refractivity contribution in [2.75, 3.05) is 4.90 Å². The van der Waals surface area contributed by atoms with E-state index in [2.05, 4.69) is 175 Å². The second-order valence-electron chi connectivity index (χ2n) is 11.8. The number of allylic oxidation sites excluding steroid dienone is 6. The number of rotatable bonds is 7. The molecular formula is C45H34N2. The summed E-state index contributed by atoms with van der Waals surface area (Å²) in [5, 5.41) is 4.91. The summed E-state index contributed by atoms with van der Waals surface area (Å²) in [6.45, 7) is 10.4. The minimum atomic E-state index is 1.05. The van der Waals surface area contributed by atoms with Gasteiger partial charge in [-0.15, -0.1) is 0 Å². The maximum Gasteiger partial charge on any atom is 0.0546 e. The molecule has 0 radical (unpaired) electrons. The number of anilines is 2. The van der Waals surface area contributed by atoms with E-state index in [-0.39, 0.29) is 0 Å². The molecule has 0 fully saturated rings. The van der Waals surface area contributed by atoms with Crippen LogP contribution in [0.5, 0.6) is 0 Å². The van der Waals surface area contributed by atoms with Crippen molar-refractivity contribution in [2.45, 2.75) is 6.92 Å². The van der Waals surface area contributed by atoms with Crippen LogP contribution >= 0.6 is 0 Å². The first-order valence-electron chi connectivity index (χ1n) is 16.1. The molecule has 8 rings (SSSR count). The molecule has 7 aromatic rings. The zero-order valence-electron chi connectivity index (χ0n) is 26.4. The molecule has 0 atom stereocenters. The molecule has 0 amide bonds. The van der Waals surface area contributed by atoms with Crippen LogP contribution in [0.25, 0.3) is 61.0 Å². The highest BCUT2D eigenvalue weighted by molar-refractivity contribution is 6.12. The summed E-state index contributed by atoms with van der Waals surface area (Å²) < 4.78 is 2.37. The van der Waals surface area contributed by atoms with Gasteiger partial charge in [0.25, 0.3) is 0 Å². The lowest BCUT2D eigenvalue weighted by molar-refractivity contribution is 1.16. The Hall–Kier alpha value is -6.12. The smallest absolute Gasteiger partial charge is 0.0546 e. The monoisotopic (exact) mass is 602 g/mol. The highest BCUT2D eigenvalue weighted by Gasteiger charge is 2.27. The molecule has 0 spiro atoms. The van der Waals surface area contributed by atoms with Crippen LogP contribution < -0.4 is 4.90 Å². The van der Waals surface area contributed by atoms with E-state index >= 15 is 0 Å². The molecule has 224 valence electrons. The molecule has 0 saturated heterocycles. The molecule has 47 heavy (non-hydrogen) atoms. The standard InChI is InChI=1S/C45H34N2/c1-4-7-24-41-36(6-3)40-29-33(37-21-9-8-17-31(37)16-5-2)28-32-18-14-27-44(45(32)40)47(41)35-20-15-19-34(30-35)46-42-25-12-10-22-38(42)39-23-11-13-26-43(39)46/h4-30H,1,3H2,2H3/b16-5+,24-7-. The molecule has 2 nitrogen and oxygen atoms in total. The molecule has 6 aromatic carbocycles. The number of hydrogen-bond donors (Lipinski definition) is 0. The van der Waals surface area contributed by atoms with E-state index in [1.807, 2.05) is 18.2 Å². The Balaban J connectivity index is 1.38. The fraction of sp³-hybridized carbons (Fsp3) is 0.0222. The Morgan fingerprint density at radius 3 is 2.06 bits per heavy atom. The third-order valence-electron chi connectivity index (χ3n) is 9.14. The molecule has 0 aliphatic carbocycles. The summed E-state index contributed by atoms with van der Waals surface area (Å²) in [5.74, 6) is 0. The van der Waals surface area contributed by atoms with Gasteiger partial charge in [0.1, 0.15) is 0 Å². The normalized spacial score (nSPS) is 13.1. The number of hydrogen-bond acceptors (Lipinski definition) is 1. The topological polar surface area (TPSA) is 8.17 Å². The molecule has 0 N–H and O–H groups in total. The molecule has 0 bridgehead atoms. The van der Waals surface area contributed by atoms with Crippen LogP contribution in [0.15, 0.2) is 177 Å². The minimum Gasteiger partial charge on any atom is -0.309 e. The molecular weight excluding hydrogens is 569 g/mol. The van der Waals surface area contributed by atoms with E-state index in [0.29, 0.717) is 0 Å². The van der Waals surface area contributed by atoms with Gasteiger partial charge < -0.3 is 9.47 Å². The number of fused-ring (bicyclic) bond motifs is 3. The maximum absolute atomic E-state index is 4.35. The maximum atomic E-state index is 4.35. The summed E-state index contributed by atoms with van der Waals surface area (Å²) >= 11 is 0. The lowest BCUT2D eigenvalue weighted by atomic mass is 9.86. The van der Waals surface area contributed by atoms with E-state index in [9.17, 15) is 0 Å². The first-order chi connectivity index (χ1) is 23.2. The number of benzene rings is 6. The Labute approximate surface area is 275 Å². The molecule has 2 heterocycles. The fourth-order valence-corrected chi connectivity index (χ4v) is 7.22. The molecule has 1 aromatic heterocycles. The first kappa shape index (κ1) is 28.4. The van der Waals surface area contributed by atoms with Crippen LogP contribution in [-0.4, -0.2) is 4.57 Å². The van der Waals surface area contributed by atoms with E-state index < -0.39 is 0 Å². The quantitative estimate of drug-likeness (QED) is 0.165. The first-order valence-corrected chi connectivity index (χ1v) is 16.1. The van der Waals surface area contributed by atoms with Gasteiger partial charge in [-0.1, -0.05) is 122 Å². The second-order valence-corrected chi connectivity index (χ2v) is 11.8. The van der Waals surface area contributed by atoms with Gasteiger partial charge in [-0.3, -0.25) is 0 Å². The van der Waals surface area contributed by atoms with Crippen molar-refractivity contribution in [3.8, 4) is 16.8 Å². The van der Waals surface area contributed by atoms with Crippen molar-refractivity contribution >= 4 is 55.6 Å². The SMILES string of the molecule is C=C/C=C\C1=C(C=C)c2cc(-c3ccccc3/C=C/C)cc3cccc(c23)N1c1cccc(-n2c3ccccc3c3ccccc32)c1. The van der Waals surface area contributed by atoms with Crippen LogP contribution in [0.3, 0.4) is 0 Å². The number of para-hydroxylation sites is 2. The number of aromatic nitrogens is 1. The van der Waals surface area contributed by atoms with Crippen LogP contribution in [0.4, 0.5) is 11.4 Å². The highest BCUT2D eigenvalue weighted by atomic mass is 15.2. The molecule has 0 saturated carbocycles. The third kappa shape index (κ3) is 4.57. The van der Waals surface area contributed by atoms with Gasteiger partial charge in [-0.2, -0.15) is 0 Å². The molecule has 1 aliphatic rings. The van der Waals surface area contributed by atoms with Crippen molar-refractivity contribution in [3.05, 3.63) is 188 Å². The lowest BCUT2D eigenvalue weighted by Crippen LogP contribution is -2.20. The number of nitrogens with zero attached hydrogens (tertiary/aromatic N) is 2. The Kier molecular flexibility index (Phi) is 7.04. The Morgan fingerprint density at radius 1 is 0.617 bits per heavy atom. The van der Waals surface area contributed by atoms with E-state index in [0.717, 1.165) is 28.3 Å². The van der Waals surface area contributed by atoms with E-state index in [1.54, 1.807) is 0 Å². The summed E-state index contributed by atoms with van der Waals surface area (Å²) in [4.78, 5) is 2.37. The van der Waals surface area contributed by atoms with Gasteiger partial charge >= 0.3 is 0 Å². The molecule has 1 aliphatic heterocycles. The van der Waals surface area contributed by atoms with Crippen molar-refractivity contribution in [3.63, 3.8) is 0 Å².